The van der Waals surface area contributed by atoms with Crippen molar-refractivity contribution >= 4 is 40.8 Å². The Kier molecular flexibility index (Phi) is 7.09. The molecule has 8 heteroatoms. The van der Waals surface area contributed by atoms with Gasteiger partial charge in [0.1, 0.15) is 0 Å². The predicted octanol–water partition coefficient (Wildman–Crippen LogP) is 3.59. The van der Waals surface area contributed by atoms with Gasteiger partial charge in [0.25, 0.3) is 5.56 Å². The van der Waals surface area contributed by atoms with Crippen molar-refractivity contribution in [2.45, 2.75) is 24.8 Å². The molecule has 2 aromatic carbocycles. The fourth-order valence-corrected chi connectivity index (χ4v) is 5.37. The van der Waals surface area contributed by atoms with Gasteiger partial charge in [-0.15, -0.1) is 11.8 Å². The summed E-state index contributed by atoms with van der Waals surface area (Å²) in [6, 6.07) is 15.3. The van der Waals surface area contributed by atoms with Crippen LogP contribution in [0.1, 0.15) is 31.0 Å². The van der Waals surface area contributed by atoms with E-state index in [1.165, 1.54) is 11.3 Å². The number of thiazole rings is 1. The normalized spacial score (nSPS) is 15.7. The fraction of sp³-hybridized carbons (Fsp3) is 0.269. The predicted molar refractivity (Wildman–Crippen MR) is 139 cm³/mol. The van der Waals surface area contributed by atoms with Gasteiger partial charge in [0.15, 0.2) is 4.80 Å². The third-order valence-electron chi connectivity index (χ3n) is 5.66. The van der Waals surface area contributed by atoms with E-state index >= 15 is 0 Å². The van der Waals surface area contributed by atoms with Gasteiger partial charge in [0, 0.05) is 24.7 Å². The molecule has 0 fully saturated rings. The molecule has 0 radical (unpaired) electrons. The lowest BCUT2D eigenvalue weighted by Crippen LogP contribution is -2.39. The van der Waals surface area contributed by atoms with Crippen LogP contribution >= 0.6 is 23.1 Å². The second-order valence-electron chi connectivity index (χ2n) is 8.06. The number of esters is 1. The Morgan fingerprint density at radius 3 is 2.44 bits per heavy atom. The molecule has 0 bridgehead atoms. The summed E-state index contributed by atoms with van der Waals surface area (Å²) in [5.41, 5.74) is 3.59. The van der Waals surface area contributed by atoms with Crippen molar-refractivity contribution in [1.29, 1.82) is 0 Å². The Bertz CT molecular complexity index is 1420. The molecule has 0 amide bonds. The number of carbonyl (C=O) groups is 1. The Hall–Kier alpha value is -3.10. The van der Waals surface area contributed by atoms with E-state index in [0.717, 1.165) is 21.7 Å². The van der Waals surface area contributed by atoms with Crippen LogP contribution in [-0.2, 0) is 9.53 Å². The lowest BCUT2D eigenvalue weighted by molar-refractivity contribution is -0.139. The second-order valence-corrected chi connectivity index (χ2v) is 9.95. The minimum absolute atomic E-state index is 0.173. The number of anilines is 1. The number of thioether (sulfide) groups is 1. The topological polar surface area (TPSA) is 63.9 Å². The molecule has 0 saturated carbocycles. The second kappa shape index (κ2) is 10.0. The van der Waals surface area contributed by atoms with Crippen LogP contribution in [-0.4, -0.2) is 37.5 Å². The number of rotatable bonds is 6. The number of aromatic nitrogens is 1. The molecule has 1 aliphatic rings. The van der Waals surface area contributed by atoms with E-state index in [0.29, 0.717) is 20.6 Å². The van der Waals surface area contributed by atoms with Crippen molar-refractivity contribution in [2.75, 3.05) is 31.9 Å². The Balaban J connectivity index is 1.90. The van der Waals surface area contributed by atoms with Gasteiger partial charge < -0.3 is 9.64 Å². The molecular formula is C26H27N3O3S2. The molecule has 1 atom stereocenters. The number of hydrogen-bond donors (Lipinski definition) is 0. The summed E-state index contributed by atoms with van der Waals surface area (Å²) >= 11 is 3.00. The first-order valence-electron chi connectivity index (χ1n) is 10.9. The third-order valence-corrected chi connectivity index (χ3v) is 7.38. The summed E-state index contributed by atoms with van der Waals surface area (Å²) in [5.74, 6) is -0.452. The van der Waals surface area contributed by atoms with Crippen molar-refractivity contribution < 1.29 is 9.53 Å². The summed E-state index contributed by atoms with van der Waals surface area (Å²) in [7, 11) is 3.94. The number of benzene rings is 2. The number of allylic oxidation sites excluding steroid dienone is 1. The molecule has 2 heterocycles. The number of carbonyl (C=O) groups excluding carboxylic acids is 1. The number of ether oxygens (including phenoxy) is 1. The molecule has 1 aliphatic heterocycles. The van der Waals surface area contributed by atoms with Crippen LogP contribution in [0, 0.1) is 0 Å². The summed E-state index contributed by atoms with van der Waals surface area (Å²) in [6.07, 6.45) is 3.91. The largest absolute Gasteiger partial charge is 0.463 e. The molecule has 0 N–H and O–H groups in total. The lowest BCUT2D eigenvalue weighted by Gasteiger charge is -2.25. The van der Waals surface area contributed by atoms with E-state index in [9.17, 15) is 9.59 Å². The van der Waals surface area contributed by atoms with Gasteiger partial charge >= 0.3 is 5.97 Å². The number of nitrogens with zero attached hydrogens (tertiary/aromatic N) is 3. The zero-order chi connectivity index (χ0) is 24.4. The van der Waals surface area contributed by atoms with Crippen LogP contribution in [0.3, 0.4) is 0 Å². The molecule has 3 aromatic rings. The smallest absolute Gasteiger partial charge is 0.338 e. The first-order valence-corrected chi connectivity index (χ1v) is 13.0. The molecule has 0 spiro atoms. The van der Waals surface area contributed by atoms with Gasteiger partial charge in [0.05, 0.1) is 28.5 Å². The van der Waals surface area contributed by atoms with E-state index in [1.807, 2.05) is 79.9 Å². The fourth-order valence-electron chi connectivity index (χ4n) is 3.91. The standard InChI is InChI=1S/C26H27N3O3S2/c1-6-32-25(31)22-16(2)27-26-29(23(22)18-9-11-19(12-10-18)28(3)4)24(30)21(34-26)15-17-7-13-20(33-5)14-8-17/h7-15,23H,6H2,1-5H3/b21-15+/t23-/m0/s1. The van der Waals surface area contributed by atoms with Gasteiger partial charge in [-0.2, -0.15) is 0 Å². The SMILES string of the molecule is CCOC(=O)C1=C(C)N=c2s/c(=C/c3ccc(SC)cc3)c(=O)n2[C@H]1c1ccc(N(C)C)cc1. The zero-order valence-corrected chi connectivity index (χ0v) is 21.5. The highest BCUT2D eigenvalue weighted by Crippen LogP contribution is 2.31. The van der Waals surface area contributed by atoms with Crippen molar-refractivity contribution in [3.8, 4) is 0 Å². The molecule has 34 heavy (non-hydrogen) atoms. The number of hydrogen-bond acceptors (Lipinski definition) is 7. The summed E-state index contributed by atoms with van der Waals surface area (Å²) in [5, 5.41) is 0. The van der Waals surface area contributed by atoms with Crippen LogP contribution in [0.15, 0.2) is 74.5 Å². The first-order chi connectivity index (χ1) is 16.3. The molecule has 6 nitrogen and oxygen atoms in total. The van der Waals surface area contributed by atoms with E-state index in [-0.39, 0.29) is 12.2 Å². The summed E-state index contributed by atoms with van der Waals surface area (Å²) in [4.78, 5) is 35.0. The molecule has 4 rings (SSSR count). The van der Waals surface area contributed by atoms with Gasteiger partial charge in [-0.3, -0.25) is 9.36 Å². The van der Waals surface area contributed by atoms with Gasteiger partial charge in [-0.1, -0.05) is 35.6 Å². The minimum Gasteiger partial charge on any atom is -0.463 e. The van der Waals surface area contributed by atoms with E-state index < -0.39 is 12.0 Å². The van der Waals surface area contributed by atoms with Crippen LogP contribution < -0.4 is 19.8 Å². The zero-order valence-electron chi connectivity index (χ0n) is 19.9. The van der Waals surface area contributed by atoms with Crippen molar-refractivity contribution in [1.82, 2.24) is 4.57 Å². The van der Waals surface area contributed by atoms with Crippen molar-refractivity contribution in [3.63, 3.8) is 0 Å². The lowest BCUT2D eigenvalue weighted by atomic mass is 9.95. The van der Waals surface area contributed by atoms with Gasteiger partial charge in [0.2, 0.25) is 0 Å². The maximum absolute atomic E-state index is 13.6. The van der Waals surface area contributed by atoms with E-state index in [1.54, 1.807) is 30.2 Å². The highest BCUT2D eigenvalue weighted by molar-refractivity contribution is 7.98. The Morgan fingerprint density at radius 2 is 1.85 bits per heavy atom. The monoisotopic (exact) mass is 493 g/mol. The quantitative estimate of drug-likeness (QED) is 0.388. The van der Waals surface area contributed by atoms with Gasteiger partial charge in [-0.05, 0) is 61.6 Å². The highest BCUT2D eigenvalue weighted by atomic mass is 32.2. The van der Waals surface area contributed by atoms with Crippen molar-refractivity contribution in [3.05, 3.63) is 90.6 Å². The molecular weight excluding hydrogens is 466 g/mol. The maximum Gasteiger partial charge on any atom is 0.338 e. The maximum atomic E-state index is 13.6. The summed E-state index contributed by atoms with van der Waals surface area (Å²) in [6.45, 7) is 3.82. The van der Waals surface area contributed by atoms with Crippen LogP contribution in [0.2, 0.25) is 0 Å². The van der Waals surface area contributed by atoms with E-state index in [4.69, 9.17) is 4.74 Å². The van der Waals surface area contributed by atoms with Crippen molar-refractivity contribution in [2.24, 2.45) is 4.99 Å². The molecule has 0 saturated heterocycles. The van der Waals surface area contributed by atoms with Crippen LogP contribution in [0.5, 0.6) is 0 Å². The molecule has 176 valence electrons. The molecule has 0 aliphatic carbocycles. The van der Waals surface area contributed by atoms with Crippen LogP contribution in [0.4, 0.5) is 5.69 Å². The Morgan fingerprint density at radius 1 is 1.18 bits per heavy atom. The number of fused-ring (bicyclic) bond motifs is 1. The summed E-state index contributed by atoms with van der Waals surface area (Å²) < 4.78 is 7.55. The molecule has 1 aromatic heterocycles. The van der Waals surface area contributed by atoms with Crippen LogP contribution in [0.25, 0.3) is 6.08 Å². The van der Waals surface area contributed by atoms with E-state index in [2.05, 4.69) is 4.99 Å². The highest BCUT2D eigenvalue weighted by Gasteiger charge is 2.33. The first kappa shape index (κ1) is 24.0. The average molecular weight is 494 g/mol. The minimum atomic E-state index is -0.604. The average Bonchev–Trinajstić information content (AvgIpc) is 3.13. The Labute approximate surface area is 206 Å². The third kappa shape index (κ3) is 4.60. The van der Waals surface area contributed by atoms with Gasteiger partial charge in [-0.25, -0.2) is 9.79 Å². The molecule has 0 unspecified atom stereocenters.